The summed E-state index contributed by atoms with van der Waals surface area (Å²) < 4.78 is 1.77. The van der Waals surface area contributed by atoms with Crippen molar-refractivity contribution in [3.8, 4) is 0 Å². The molecule has 2 aromatic heterocycles. The zero-order valence-electron chi connectivity index (χ0n) is 14.4. The predicted octanol–water partition coefficient (Wildman–Crippen LogP) is 3.37. The maximum absolute atomic E-state index is 4.39. The lowest BCUT2D eigenvalue weighted by atomic mass is 9.87. The third kappa shape index (κ3) is 3.18. The molecule has 0 saturated heterocycles. The first-order valence-corrected chi connectivity index (χ1v) is 7.82. The van der Waals surface area contributed by atoms with Crippen LogP contribution >= 0.6 is 0 Å². The molecule has 120 valence electrons. The molecule has 2 heterocycles. The van der Waals surface area contributed by atoms with Crippen LogP contribution in [0, 0.1) is 6.92 Å². The van der Waals surface area contributed by atoms with Crippen molar-refractivity contribution in [2.75, 3.05) is 11.9 Å². The molecule has 0 amide bonds. The Hall–Kier alpha value is -2.43. The van der Waals surface area contributed by atoms with E-state index in [1.807, 2.05) is 13.0 Å². The molecule has 0 atom stereocenters. The minimum atomic E-state index is 0.180. The Morgan fingerprint density at radius 3 is 2.48 bits per heavy atom. The number of nitrogens with zero attached hydrogens (tertiary/aromatic N) is 5. The molecule has 0 fully saturated rings. The van der Waals surface area contributed by atoms with E-state index in [1.54, 1.807) is 4.52 Å². The van der Waals surface area contributed by atoms with Crippen LogP contribution in [0.15, 0.2) is 36.7 Å². The number of hydrogen-bond donors (Lipinski definition) is 0. The summed E-state index contributed by atoms with van der Waals surface area (Å²) in [4.78, 5) is 10.7. The van der Waals surface area contributed by atoms with Gasteiger partial charge in [0.15, 0.2) is 0 Å². The number of aromatic nitrogens is 4. The standard InChI is InChI=1S/C18H23N5/c1-13-10-16(23-17(21-13)19-12-20-23)22(5)11-14-6-8-15(9-7-14)18(2,3)4/h6-10,12H,11H2,1-5H3. The van der Waals surface area contributed by atoms with E-state index in [0.29, 0.717) is 5.78 Å². The first kappa shape index (κ1) is 15.5. The van der Waals surface area contributed by atoms with Gasteiger partial charge < -0.3 is 4.90 Å². The number of aryl methyl sites for hydroxylation is 1. The molecule has 0 aliphatic rings. The summed E-state index contributed by atoms with van der Waals surface area (Å²) in [7, 11) is 2.06. The van der Waals surface area contributed by atoms with E-state index in [2.05, 4.69) is 72.1 Å². The molecular weight excluding hydrogens is 286 g/mol. The highest BCUT2D eigenvalue weighted by Crippen LogP contribution is 2.23. The SMILES string of the molecule is Cc1cc(N(C)Cc2ccc(C(C)(C)C)cc2)n2ncnc2n1. The van der Waals surface area contributed by atoms with Crippen LogP contribution in [0.1, 0.15) is 37.6 Å². The molecule has 3 aromatic rings. The van der Waals surface area contributed by atoms with E-state index < -0.39 is 0 Å². The third-order valence-corrected chi connectivity index (χ3v) is 3.99. The lowest BCUT2D eigenvalue weighted by Crippen LogP contribution is -2.20. The smallest absolute Gasteiger partial charge is 0.254 e. The van der Waals surface area contributed by atoms with Crippen LogP contribution in [0.25, 0.3) is 5.78 Å². The molecular formula is C18H23N5. The first-order valence-electron chi connectivity index (χ1n) is 7.82. The van der Waals surface area contributed by atoms with Crippen molar-refractivity contribution in [1.82, 2.24) is 19.6 Å². The molecule has 0 aliphatic carbocycles. The molecule has 0 radical (unpaired) electrons. The van der Waals surface area contributed by atoms with Gasteiger partial charge in [-0.1, -0.05) is 45.0 Å². The highest BCUT2D eigenvalue weighted by atomic mass is 15.4. The molecule has 3 rings (SSSR count). The second-order valence-electron chi connectivity index (χ2n) is 7.03. The molecule has 0 aliphatic heterocycles. The molecule has 1 aromatic carbocycles. The molecule has 0 N–H and O–H groups in total. The van der Waals surface area contributed by atoms with E-state index in [0.717, 1.165) is 18.1 Å². The zero-order valence-corrected chi connectivity index (χ0v) is 14.4. The maximum atomic E-state index is 4.39. The highest BCUT2D eigenvalue weighted by Gasteiger charge is 2.14. The molecule has 0 unspecified atom stereocenters. The van der Waals surface area contributed by atoms with Gasteiger partial charge in [-0.15, -0.1) is 0 Å². The van der Waals surface area contributed by atoms with Crippen LogP contribution in [-0.2, 0) is 12.0 Å². The Morgan fingerprint density at radius 1 is 1.13 bits per heavy atom. The summed E-state index contributed by atoms with van der Waals surface area (Å²) in [5, 5.41) is 4.27. The van der Waals surface area contributed by atoms with Crippen LogP contribution in [-0.4, -0.2) is 26.6 Å². The highest BCUT2D eigenvalue weighted by molar-refractivity contribution is 5.47. The summed E-state index contributed by atoms with van der Waals surface area (Å²) in [6.07, 6.45) is 1.54. The lowest BCUT2D eigenvalue weighted by Gasteiger charge is -2.22. The Kier molecular flexibility index (Phi) is 3.80. The van der Waals surface area contributed by atoms with E-state index in [1.165, 1.54) is 17.5 Å². The van der Waals surface area contributed by atoms with Crippen molar-refractivity contribution in [2.45, 2.75) is 39.7 Å². The average Bonchev–Trinajstić information content (AvgIpc) is 2.94. The number of benzene rings is 1. The van der Waals surface area contributed by atoms with Crippen LogP contribution in [0.3, 0.4) is 0 Å². The average molecular weight is 309 g/mol. The van der Waals surface area contributed by atoms with Gasteiger partial charge in [0.1, 0.15) is 12.1 Å². The van der Waals surface area contributed by atoms with Crippen molar-refractivity contribution in [2.24, 2.45) is 0 Å². The van der Waals surface area contributed by atoms with Crippen LogP contribution in [0.4, 0.5) is 5.82 Å². The van der Waals surface area contributed by atoms with Gasteiger partial charge >= 0.3 is 0 Å². The lowest BCUT2D eigenvalue weighted by molar-refractivity contribution is 0.590. The Morgan fingerprint density at radius 2 is 1.83 bits per heavy atom. The summed E-state index contributed by atoms with van der Waals surface area (Å²) in [5.74, 6) is 1.62. The normalized spacial score (nSPS) is 11.9. The summed E-state index contributed by atoms with van der Waals surface area (Å²) >= 11 is 0. The quantitative estimate of drug-likeness (QED) is 0.744. The van der Waals surface area contributed by atoms with Crippen molar-refractivity contribution >= 4 is 11.6 Å². The second kappa shape index (κ2) is 5.65. The van der Waals surface area contributed by atoms with Crippen molar-refractivity contribution < 1.29 is 0 Å². The topological polar surface area (TPSA) is 46.3 Å². The van der Waals surface area contributed by atoms with E-state index >= 15 is 0 Å². The summed E-state index contributed by atoms with van der Waals surface area (Å²) in [6, 6.07) is 10.9. The van der Waals surface area contributed by atoms with E-state index in [-0.39, 0.29) is 5.41 Å². The van der Waals surface area contributed by atoms with Gasteiger partial charge in [0, 0.05) is 25.4 Å². The van der Waals surface area contributed by atoms with E-state index in [9.17, 15) is 0 Å². The van der Waals surface area contributed by atoms with Crippen molar-refractivity contribution in [3.05, 3.63) is 53.5 Å². The minimum absolute atomic E-state index is 0.180. The Labute approximate surface area is 137 Å². The summed E-state index contributed by atoms with van der Waals surface area (Å²) in [5.41, 5.74) is 3.74. The fraction of sp³-hybridized carbons (Fsp3) is 0.389. The van der Waals surface area contributed by atoms with Gasteiger partial charge in [0.25, 0.3) is 5.78 Å². The zero-order chi connectivity index (χ0) is 16.6. The molecule has 5 nitrogen and oxygen atoms in total. The van der Waals surface area contributed by atoms with Gasteiger partial charge in [-0.2, -0.15) is 14.6 Å². The largest absolute Gasteiger partial charge is 0.355 e. The molecule has 0 saturated carbocycles. The van der Waals surface area contributed by atoms with Crippen LogP contribution in [0.5, 0.6) is 0 Å². The minimum Gasteiger partial charge on any atom is -0.355 e. The van der Waals surface area contributed by atoms with Crippen LogP contribution < -0.4 is 4.90 Å². The maximum Gasteiger partial charge on any atom is 0.254 e. The van der Waals surface area contributed by atoms with Gasteiger partial charge in [-0.25, -0.2) is 4.98 Å². The van der Waals surface area contributed by atoms with Crippen molar-refractivity contribution in [1.29, 1.82) is 0 Å². The monoisotopic (exact) mass is 309 g/mol. The summed E-state index contributed by atoms with van der Waals surface area (Å²) in [6.45, 7) is 9.48. The molecule has 5 heteroatoms. The second-order valence-corrected chi connectivity index (χ2v) is 7.03. The number of hydrogen-bond acceptors (Lipinski definition) is 4. The van der Waals surface area contributed by atoms with Crippen LogP contribution in [0.2, 0.25) is 0 Å². The van der Waals surface area contributed by atoms with Crippen molar-refractivity contribution in [3.63, 3.8) is 0 Å². The van der Waals surface area contributed by atoms with E-state index in [4.69, 9.17) is 0 Å². The van der Waals surface area contributed by atoms with Gasteiger partial charge in [-0.3, -0.25) is 0 Å². The molecule has 0 bridgehead atoms. The first-order chi connectivity index (χ1) is 10.8. The Balaban J connectivity index is 1.86. The third-order valence-electron chi connectivity index (χ3n) is 3.99. The van der Waals surface area contributed by atoms with Gasteiger partial charge in [0.05, 0.1) is 0 Å². The number of rotatable bonds is 3. The Bertz CT molecular complexity index is 812. The fourth-order valence-corrected chi connectivity index (χ4v) is 2.65. The van der Waals surface area contributed by atoms with Gasteiger partial charge in [0.2, 0.25) is 0 Å². The predicted molar refractivity (Wildman–Crippen MR) is 92.8 cm³/mol. The fourth-order valence-electron chi connectivity index (χ4n) is 2.65. The van der Waals surface area contributed by atoms with Gasteiger partial charge in [-0.05, 0) is 23.5 Å². The molecule has 0 spiro atoms. The number of anilines is 1. The number of fused-ring (bicyclic) bond motifs is 1. The molecule has 23 heavy (non-hydrogen) atoms.